The van der Waals surface area contributed by atoms with Crippen LogP contribution in [-0.2, 0) is 11.2 Å². The van der Waals surface area contributed by atoms with E-state index in [1.165, 1.54) is 0 Å². The largest absolute Gasteiger partial charge is 0.454 e. The fraction of sp³-hybridized carbons (Fsp3) is 0.222. The summed E-state index contributed by atoms with van der Waals surface area (Å²) in [5.74, 6) is 0.971. The van der Waals surface area contributed by atoms with Gasteiger partial charge in [0.05, 0.1) is 6.42 Å². The molecule has 0 aromatic heterocycles. The second kappa shape index (κ2) is 3.49. The van der Waals surface area contributed by atoms with Gasteiger partial charge < -0.3 is 15.2 Å². The second-order valence-corrected chi connectivity index (χ2v) is 3.79. The Labute approximate surface area is 89.1 Å². The molecule has 0 unspecified atom stereocenters. The third-order valence-electron chi connectivity index (χ3n) is 1.91. The summed E-state index contributed by atoms with van der Waals surface area (Å²) in [4.78, 5) is 10.8. The van der Waals surface area contributed by atoms with Crippen molar-refractivity contribution in [3.63, 3.8) is 0 Å². The lowest BCUT2D eigenvalue weighted by molar-refractivity contribution is -0.117. The summed E-state index contributed by atoms with van der Waals surface area (Å²) in [7, 11) is 0. The lowest BCUT2D eigenvalue weighted by Gasteiger charge is -2.03. The van der Waals surface area contributed by atoms with Gasteiger partial charge in [-0.3, -0.25) is 4.79 Å². The minimum absolute atomic E-state index is 0.192. The van der Waals surface area contributed by atoms with Crippen LogP contribution in [0.1, 0.15) is 5.56 Å². The molecule has 0 saturated heterocycles. The normalized spacial score (nSPS) is 12.9. The Bertz CT molecular complexity index is 392. The summed E-state index contributed by atoms with van der Waals surface area (Å²) in [6.45, 7) is 0.224. The third kappa shape index (κ3) is 1.68. The van der Waals surface area contributed by atoms with E-state index < -0.39 is 0 Å². The van der Waals surface area contributed by atoms with Gasteiger partial charge in [0, 0.05) is 4.47 Å². The maximum atomic E-state index is 10.8. The molecule has 2 N–H and O–H groups in total. The van der Waals surface area contributed by atoms with Crippen LogP contribution in [0.3, 0.4) is 0 Å². The van der Waals surface area contributed by atoms with E-state index in [1.54, 1.807) is 12.1 Å². The summed E-state index contributed by atoms with van der Waals surface area (Å²) >= 11 is 3.34. The highest BCUT2D eigenvalue weighted by Crippen LogP contribution is 2.36. The monoisotopic (exact) mass is 257 g/mol. The summed E-state index contributed by atoms with van der Waals surface area (Å²) in [6.07, 6.45) is 0.192. The van der Waals surface area contributed by atoms with Crippen molar-refractivity contribution in [2.24, 2.45) is 5.73 Å². The van der Waals surface area contributed by atoms with Crippen molar-refractivity contribution in [3.05, 3.63) is 22.2 Å². The van der Waals surface area contributed by atoms with Gasteiger partial charge in [0.2, 0.25) is 12.7 Å². The molecule has 5 heteroatoms. The van der Waals surface area contributed by atoms with Crippen molar-refractivity contribution in [1.82, 2.24) is 0 Å². The first kappa shape index (κ1) is 9.33. The highest BCUT2D eigenvalue weighted by molar-refractivity contribution is 9.10. The maximum Gasteiger partial charge on any atom is 0.231 e. The van der Waals surface area contributed by atoms with Crippen LogP contribution in [0.5, 0.6) is 11.5 Å². The molecule has 0 saturated carbocycles. The molecular formula is C9H8BrNO3. The Balaban J connectivity index is 2.37. The highest BCUT2D eigenvalue weighted by atomic mass is 79.9. The quantitative estimate of drug-likeness (QED) is 0.867. The number of primary amides is 1. The maximum absolute atomic E-state index is 10.8. The van der Waals surface area contributed by atoms with Crippen LogP contribution in [0.15, 0.2) is 16.6 Å². The molecule has 1 aromatic rings. The number of hydrogen-bond donors (Lipinski definition) is 1. The predicted octanol–water partition coefficient (Wildman–Crippen LogP) is 1.21. The molecule has 1 aliphatic heterocycles. The molecule has 0 aliphatic carbocycles. The molecule has 14 heavy (non-hydrogen) atoms. The number of fused-ring (bicyclic) bond motifs is 1. The Morgan fingerprint density at radius 1 is 1.43 bits per heavy atom. The Kier molecular flexibility index (Phi) is 2.33. The van der Waals surface area contributed by atoms with Gasteiger partial charge in [-0.15, -0.1) is 0 Å². The van der Waals surface area contributed by atoms with E-state index in [0.29, 0.717) is 11.5 Å². The van der Waals surface area contributed by atoms with Crippen molar-refractivity contribution in [2.45, 2.75) is 6.42 Å². The van der Waals surface area contributed by atoms with Gasteiger partial charge in [-0.25, -0.2) is 0 Å². The van der Waals surface area contributed by atoms with Gasteiger partial charge in [0.25, 0.3) is 0 Å². The minimum Gasteiger partial charge on any atom is -0.454 e. The molecule has 1 amide bonds. The van der Waals surface area contributed by atoms with E-state index >= 15 is 0 Å². The first-order chi connectivity index (χ1) is 6.66. The van der Waals surface area contributed by atoms with Crippen LogP contribution in [0, 0.1) is 0 Å². The standard InChI is InChI=1S/C9H8BrNO3/c10-6-3-8-7(13-4-14-8)1-5(6)2-9(11)12/h1,3H,2,4H2,(H2,11,12). The molecule has 1 aromatic carbocycles. The lowest BCUT2D eigenvalue weighted by Crippen LogP contribution is -2.13. The summed E-state index contributed by atoms with van der Waals surface area (Å²) in [5, 5.41) is 0. The zero-order valence-electron chi connectivity index (χ0n) is 7.25. The molecule has 0 fully saturated rings. The third-order valence-corrected chi connectivity index (χ3v) is 2.64. The fourth-order valence-corrected chi connectivity index (χ4v) is 1.74. The van der Waals surface area contributed by atoms with Crippen molar-refractivity contribution in [1.29, 1.82) is 0 Å². The summed E-state index contributed by atoms with van der Waals surface area (Å²) in [5.41, 5.74) is 5.91. The van der Waals surface area contributed by atoms with E-state index in [0.717, 1.165) is 10.0 Å². The molecular weight excluding hydrogens is 250 g/mol. The van der Waals surface area contributed by atoms with Gasteiger partial charge in [-0.2, -0.15) is 0 Å². The van der Waals surface area contributed by atoms with E-state index in [1.807, 2.05) is 0 Å². The predicted molar refractivity (Wildman–Crippen MR) is 53.2 cm³/mol. The fourth-order valence-electron chi connectivity index (χ4n) is 1.28. The molecule has 0 spiro atoms. The van der Waals surface area contributed by atoms with Crippen molar-refractivity contribution < 1.29 is 14.3 Å². The number of hydrogen-bond acceptors (Lipinski definition) is 3. The Morgan fingerprint density at radius 3 is 2.71 bits per heavy atom. The number of rotatable bonds is 2. The van der Waals surface area contributed by atoms with Crippen LogP contribution >= 0.6 is 15.9 Å². The Morgan fingerprint density at radius 2 is 2.07 bits per heavy atom. The first-order valence-corrected chi connectivity index (χ1v) is 4.82. The van der Waals surface area contributed by atoms with Crippen molar-refractivity contribution in [2.75, 3.05) is 6.79 Å². The molecule has 0 radical (unpaired) electrons. The average molecular weight is 258 g/mol. The van der Waals surface area contributed by atoms with Crippen LogP contribution in [-0.4, -0.2) is 12.7 Å². The molecule has 1 heterocycles. The zero-order valence-corrected chi connectivity index (χ0v) is 8.83. The second-order valence-electron chi connectivity index (χ2n) is 2.94. The van der Waals surface area contributed by atoms with Gasteiger partial charge in [-0.1, -0.05) is 15.9 Å². The smallest absolute Gasteiger partial charge is 0.231 e. The number of halogens is 1. The molecule has 1 aliphatic rings. The van der Waals surface area contributed by atoms with Crippen molar-refractivity contribution in [3.8, 4) is 11.5 Å². The number of carbonyl (C=O) groups excluding carboxylic acids is 1. The van der Waals surface area contributed by atoms with Crippen LogP contribution < -0.4 is 15.2 Å². The number of amides is 1. The van der Waals surface area contributed by atoms with Crippen LogP contribution in [0.25, 0.3) is 0 Å². The van der Waals surface area contributed by atoms with Gasteiger partial charge in [0.1, 0.15) is 0 Å². The molecule has 0 atom stereocenters. The minimum atomic E-state index is -0.371. The van der Waals surface area contributed by atoms with Crippen LogP contribution in [0.2, 0.25) is 0 Å². The topological polar surface area (TPSA) is 61.6 Å². The zero-order chi connectivity index (χ0) is 10.1. The number of carbonyl (C=O) groups is 1. The van der Waals surface area contributed by atoms with Gasteiger partial charge in [0.15, 0.2) is 11.5 Å². The average Bonchev–Trinajstić information content (AvgIpc) is 2.51. The highest BCUT2D eigenvalue weighted by Gasteiger charge is 2.16. The van der Waals surface area contributed by atoms with E-state index in [9.17, 15) is 4.79 Å². The van der Waals surface area contributed by atoms with Gasteiger partial charge in [-0.05, 0) is 17.7 Å². The summed E-state index contributed by atoms with van der Waals surface area (Å²) in [6, 6.07) is 3.54. The number of nitrogens with two attached hydrogens (primary N) is 1. The van der Waals surface area contributed by atoms with Crippen LogP contribution in [0.4, 0.5) is 0 Å². The molecule has 74 valence electrons. The van der Waals surface area contributed by atoms with E-state index in [-0.39, 0.29) is 19.1 Å². The first-order valence-electron chi connectivity index (χ1n) is 4.03. The number of benzene rings is 1. The summed E-state index contributed by atoms with van der Waals surface area (Å²) < 4.78 is 11.2. The Hall–Kier alpha value is -1.23. The van der Waals surface area contributed by atoms with Gasteiger partial charge >= 0.3 is 0 Å². The SMILES string of the molecule is NC(=O)Cc1cc2c(cc1Br)OCO2. The van der Waals surface area contributed by atoms with Crippen molar-refractivity contribution >= 4 is 21.8 Å². The molecule has 4 nitrogen and oxygen atoms in total. The number of ether oxygens (including phenoxy) is 2. The lowest BCUT2D eigenvalue weighted by atomic mass is 10.1. The molecule has 0 bridgehead atoms. The van der Waals surface area contributed by atoms with E-state index in [2.05, 4.69) is 15.9 Å². The van der Waals surface area contributed by atoms with E-state index in [4.69, 9.17) is 15.2 Å². The molecule has 2 rings (SSSR count).